The first kappa shape index (κ1) is 11.8. The Hall–Kier alpha value is -1.71. The quantitative estimate of drug-likeness (QED) is 0.582. The number of carbonyl (C=O) groups is 1. The summed E-state index contributed by atoms with van der Waals surface area (Å²) in [5.74, 6) is -0.00765. The Kier molecular flexibility index (Phi) is 2.96. The van der Waals surface area contributed by atoms with Crippen molar-refractivity contribution in [3.8, 4) is 0 Å². The van der Waals surface area contributed by atoms with Crippen LogP contribution in [0.25, 0.3) is 0 Å². The summed E-state index contributed by atoms with van der Waals surface area (Å²) in [4.78, 5) is 23.1. The molecule has 4 heteroatoms. The van der Waals surface area contributed by atoms with Crippen LogP contribution < -0.4 is 0 Å². The average Bonchev–Trinajstić information content (AvgIpc) is 2.30. The maximum Gasteiger partial charge on any atom is 0.304 e. The van der Waals surface area contributed by atoms with Crippen LogP contribution in [0, 0.1) is 16.0 Å². The molecule has 1 aliphatic rings. The number of nitrogens with zero attached hydrogens (tertiary/aromatic N) is 1. The van der Waals surface area contributed by atoms with E-state index < -0.39 is 10.5 Å². The van der Waals surface area contributed by atoms with E-state index in [0.29, 0.717) is 18.4 Å². The molecule has 4 nitrogen and oxygen atoms in total. The number of nitro groups is 1. The van der Waals surface area contributed by atoms with Crippen molar-refractivity contribution in [2.75, 3.05) is 0 Å². The van der Waals surface area contributed by atoms with Gasteiger partial charge in [0.1, 0.15) is 0 Å². The van der Waals surface area contributed by atoms with Gasteiger partial charge in [-0.1, -0.05) is 37.3 Å². The molecule has 2 rings (SSSR count). The fourth-order valence-electron chi connectivity index (χ4n) is 2.50. The van der Waals surface area contributed by atoms with Crippen LogP contribution in [-0.4, -0.2) is 10.7 Å². The lowest BCUT2D eigenvalue weighted by Crippen LogP contribution is -2.47. The van der Waals surface area contributed by atoms with Crippen molar-refractivity contribution in [1.82, 2.24) is 0 Å². The van der Waals surface area contributed by atoms with Crippen molar-refractivity contribution >= 4 is 5.78 Å². The lowest BCUT2D eigenvalue weighted by Gasteiger charge is -2.30. The van der Waals surface area contributed by atoms with Gasteiger partial charge in [0, 0.05) is 23.3 Å². The summed E-state index contributed by atoms with van der Waals surface area (Å²) in [6.45, 7) is 1.97. The highest BCUT2D eigenvalue weighted by atomic mass is 16.6. The Morgan fingerprint density at radius 3 is 2.53 bits per heavy atom. The van der Waals surface area contributed by atoms with Crippen molar-refractivity contribution < 1.29 is 9.72 Å². The van der Waals surface area contributed by atoms with Gasteiger partial charge >= 0.3 is 5.54 Å². The highest BCUT2D eigenvalue weighted by Gasteiger charge is 2.54. The predicted molar refractivity (Wildman–Crippen MR) is 63.1 cm³/mol. The summed E-state index contributed by atoms with van der Waals surface area (Å²) in [7, 11) is 0. The second-order valence-electron chi connectivity index (χ2n) is 4.75. The zero-order valence-electron chi connectivity index (χ0n) is 9.76. The minimum Gasteiger partial charge on any atom is -0.291 e. The Morgan fingerprint density at radius 1 is 1.35 bits per heavy atom. The van der Waals surface area contributed by atoms with E-state index in [2.05, 4.69) is 0 Å². The van der Waals surface area contributed by atoms with Gasteiger partial charge in [0.15, 0.2) is 0 Å². The maximum absolute atomic E-state index is 12.1. The number of hydrogen-bond acceptors (Lipinski definition) is 3. The zero-order valence-corrected chi connectivity index (χ0v) is 9.76. The van der Waals surface area contributed by atoms with Crippen LogP contribution in [0.3, 0.4) is 0 Å². The summed E-state index contributed by atoms with van der Waals surface area (Å²) in [6.07, 6.45) is 1.33. The lowest BCUT2D eigenvalue weighted by molar-refractivity contribution is -0.563. The molecule has 1 fully saturated rings. The lowest BCUT2D eigenvalue weighted by atomic mass is 9.72. The summed E-state index contributed by atoms with van der Waals surface area (Å²) < 4.78 is 0. The van der Waals surface area contributed by atoms with E-state index in [9.17, 15) is 14.9 Å². The number of carbonyl (C=O) groups excluding carboxylic acids is 1. The minimum absolute atomic E-state index is 0.249. The molecule has 1 aromatic carbocycles. The largest absolute Gasteiger partial charge is 0.304 e. The number of benzene rings is 1. The number of hydrogen-bond donors (Lipinski definition) is 0. The first-order chi connectivity index (χ1) is 8.07. The van der Waals surface area contributed by atoms with Crippen LogP contribution in [0.4, 0.5) is 0 Å². The average molecular weight is 233 g/mol. The van der Waals surface area contributed by atoms with Crippen LogP contribution in [-0.2, 0) is 10.3 Å². The molecule has 0 saturated heterocycles. The van der Waals surface area contributed by atoms with Gasteiger partial charge in [-0.2, -0.15) is 0 Å². The van der Waals surface area contributed by atoms with E-state index >= 15 is 0 Å². The molecule has 2 atom stereocenters. The molecule has 0 bridgehead atoms. The van der Waals surface area contributed by atoms with Gasteiger partial charge in [-0.25, -0.2) is 0 Å². The molecule has 0 spiro atoms. The maximum atomic E-state index is 12.1. The Bertz CT molecular complexity index is 443. The fraction of sp³-hybridized carbons (Fsp3) is 0.462. The SMILES string of the molecule is CC1CCC(c2ccccc2)([N+](=O)[O-])C(=O)C1. The topological polar surface area (TPSA) is 60.2 Å². The Morgan fingerprint density at radius 2 is 2.00 bits per heavy atom. The molecule has 0 aliphatic heterocycles. The standard InChI is InChI=1S/C13H15NO3/c1-10-7-8-13(14(16)17,12(15)9-10)11-5-3-2-4-6-11/h2-6,10H,7-9H2,1H3. The van der Waals surface area contributed by atoms with E-state index in [1.54, 1.807) is 30.3 Å². The molecule has 1 aromatic rings. The smallest absolute Gasteiger partial charge is 0.291 e. The second-order valence-corrected chi connectivity index (χ2v) is 4.75. The van der Waals surface area contributed by atoms with E-state index in [1.807, 2.05) is 6.92 Å². The normalized spacial score (nSPS) is 29.0. The van der Waals surface area contributed by atoms with Crippen LogP contribution in [0.5, 0.6) is 0 Å². The minimum atomic E-state index is -1.51. The van der Waals surface area contributed by atoms with Crippen LogP contribution >= 0.6 is 0 Å². The summed E-state index contributed by atoms with van der Waals surface area (Å²) >= 11 is 0. The third-order valence-electron chi connectivity index (χ3n) is 3.56. The molecule has 2 unspecified atom stereocenters. The molecule has 17 heavy (non-hydrogen) atoms. The summed E-state index contributed by atoms with van der Waals surface area (Å²) in [6, 6.07) is 8.64. The fourth-order valence-corrected chi connectivity index (χ4v) is 2.50. The molecule has 1 aliphatic carbocycles. The molecule has 0 radical (unpaired) electrons. The van der Waals surface area contributed by atoms with Crippen molar-refractivity contribution in [3.05, 3.63) is 46.0 Å². The molecule has 0 amide bonds. The van der Waals surface area contributed by atoms with E-state index in [-0.39, 0.29) is 11.7 Å². The van der Waals surface area contributed by atoms with Crippen molar-refractivity contribution in [2.24, 2.45) is 5.92 Å². The van der Waals surface area contributed by atoms with Crippen molar-refractivity contribution in [2.45, 2.75) is 31.7 Å². The van der Waals surface area contributed by atoms with Crippen molar-refractivity contribution in [1.29, 1.82) is 0 Å². The number of ketones is 1. The summed E-state index contributed by atoms with van der Waals surface area (Å²) in [5, 5.41) is 11.4. The van der Waals surface area contributed by atoms with Gasteiger partial charge in [0.05, 0.1) is 0 Å². The predicted octanol–water partition coefficient (Wildman–Crippen LogP) is 2.55. The van der Waals surface area contributed by atoms with E-state index in [4.69, 9.17) is 0 Å². The van der Waals surface area contributed by atoms with Crippen LogP contribution in [0.2, 0.25) is 0 Å². The van der Waals surface area contributed by atoms with Gasteiger partial charge in [-0.3, -0.25) is 14.9 Å². The molecule has 90 valence electrons. The molecule has 1 saturated carbocycles. The van der Waals surface area contributed by atoms with Gasteiger partial charge in [0.25, 0.3) is 0 Å². The third-order valence-corrected chi connectivity index (χ3v) is 3.56. The molecule has 0 N–H and O–H groups in total. The van der Waals surface area contributed by atoms with Gasteiger partial charge < -0.3 is 0 Å². The third kappa shape index (κ3) is 1.84. The van der Waals surface area contributed by atoms with Crippen LogP contribution in [0.1, 0.15) is 31.7 Å². The molecule has 0 heterocycles. The molecular formula is C13H15NO3. The Labute approximate surface area is 99.8 Å². The summed E-state index contributed by atoms with van der Waals surface area (Å²) in [5.41, 5.74) is -0.991. The zero-order chi connectivity index (χ0) is 12.5. The Balaban J connectivity index is 2.48. The molecule has 0 aromatic heterocycles. The van der Waals surface area contributed by atoms with E-state index in [0.717, 1.165) is 6.42 Å². The molecular weight excluding hydrogens is 218 g/mol. The van der Waals surface area contributed by atoms with Gasteiger partial charge in [-0.15, -0.1) is 0 Å². The van der Waals surface area contributed by atoms with Gasteiger partial charge in [0.2, 0.25) is 5.78 Å². The first-order valence-corrected chi connectivity index (χ1v) is 5.80. The van der Waals surface area contributed by atoms with Crippen molar-refractivity contribution in [3.63, 3.8) is 0 Å². The van der Waals surface area contributed by atoms with Crippen LogP contribution in [0.15, 0.2) is 30.3 Å². The highest BCUT2D eigenvalue weighted by Crippen LogP contribution is 2.39. The highest BCUT2D eigenvalue weighted by molar-refractivity contribution is 5.89. The monoisotopic (exact) mass is 233 g/mol. The van der Waals surface area contributed by atoms with Gasteiger partial charge in [-0.05, 0) is 12.3 Å². The van der Waals surface area contributed by atoms with E-state index in [1.165, 1.54) is 0 Å². The second kappa shape index (κ2) is 4.28. The first-order valence-electron chi connectivity index (χ1n) is 5.80. The number of rotatable bonds is 2. The number of Topliss-reactive ketones (excluding diaryl/α,β-unsaturated/α-hetero) is 1.